The van der Waals surface area contributed by atoms with E-state index >= 15 is 0 Å². The lowest BCUT2D eigenvalue weighted by Gasteiger charge is -2.20. The van der Waals surface area contributed by atoms with Gasteiger partial charge in [0.05, 0.1) is 5.56 Å². The minimum Gasteiger partial charge on any atom is -0.244 e. The smallest absolute Gasteiger partial charge is 0.124 e. The fraction of sp³-hybridized carbons (Fsp3) is 0.294. The molecule has 1 aromatic carbocycles. The zero-order valence-corrected chi connectivity index (χ0v) is 13.7. The normalized spacial score (nSPS) is 11.2. The van der Waals surface area contributed by atoms with E-state index < -0.39 is 0 Å². The van der Waals surface area contributed by atoms with Crippen LogP contribution in [0, 0.1) is 18.3 Å². The molecule has 0 bridgehead atoms. The number of hydrogen-bond acceptors (Lipinski definition) is 2. The third-order valence-corrected chi connectivity index (χ3v) is 3.79. The summed E-state index contributed by atoms with van der Waals surface area (Å²) < 4.78 is 0.614. The fourth-order valence-electron chi connectivity index (χ4n) is 1.97. The van der Waals surface area contributed by atoms with Gasteiger partial charge in [-0.3, -0.25) is 0 Å². The highest BCUT2D eigenvalue weighted by Gasteiger charge is 2.20. The average molecular weight is 329 g/mol. The van der Waals surface area contributed by atoms with E-state index in [-0.39, 0.29) is 5.41 Å². The molecular weight excluding hydrogens is 312 g/mol. The van der Waals surface area contributed by atoms with Crippen LogP contribution in [0.3, 0.4) is 0 Å². The molecule has 0 N–H and O–H groups in total. The maximum atomic E-state index is 9.39. The van der Waals surface area contributed by atoms with Crippen molar-refractivity contribution in [1.29, 1.82) is 5.26 Å². The second-order valence-electron chi connectivity index (χ2n) is 5.95. The van der Waals surface area contributed by atoms with E-state index in [2.05, 4.69) is 66.8 Å². The molecule has 1 aromatic heterocycles. The predicted molar refractivity (Wildman–Crippen MR) is 85.5 cm³/mol. The number of hydrogen-bond donors (Lipinski definition) is 0. The minimum absolute atomic E-state index is 0.0596. The Kier molecular flexibility index (Phi) is 3.96. The van der Waals surface area contributed by atoms with Gasteiger partial charge in [-0.1, -0.05) is 50.6 Å². The lowest BCUT2D eigenvalue weighted by Crippen LogP contribution is -2.14. The first-order valence-corrected chi connectivity index (χ1v) is 7.30. The first-order chi connectivity index (χ1) is 9.32. The van der Waals surface area contributed by atoms with Gasteiger partial charge in [0.1, 0.15) is 10.7 Å². The molecule has 0 fully saturated rings. The summed E-state index contributed by atoms with van der Waals surface area (Å²) in [6.45, 7) is 8.41. The number of rotatable bonds is 1. The molecule has 3 heteroatoms. The number of nitrogens with zero attached hydrogens (tertiary/aromatic N) is 2. The highest BCUT2D eigenvalue weighted by molar-refractivity contribution is 9.10. The average Bonchev–Trinajstić information content (AvgIpc) is 2.37. The molecule has 0 spiro atoms. The Labute approximate surface area is 128 Å². The van der Waals surface area contributed by atoms with Gasteiger partial charge in [-0.25, -0.2) is 4.98 Å². The van der Waals surface area contributed by atoms with Crippen LogP contribution in [0.25, 0.3) is 11.1 Å². The van der Waals surface area contributed by atoms with E-state index in [0.717, 1.165) is 16.8 Å². The van der Waals surface area contributed by atoms with E-state index in [0.29, 0.717) is 10.2 Å². The number of aryl methyl sites for hydroxylation is 1. The summed E-state index contributed by atoms with van der Waals surface area (Å²) in [5.41, 5.74) is 4.67. The Balaban J connectivity index is 2.70. The highest BCUT2D eigenvalue weighted by atomic mass is 79.9. The Bertz CT molecular complexity index is 674. The number of aromatic nitrogens is 1. The molecule has 0 saturated carbocycles. The monoisotopic (exact) mass is 328 g/mol. The summed E-state index contributed by atoms with van der Waals surface area (Å²) in [5, 5.41) is 9.39. The van der Waals surface area contributed by atoms with Crippen molar-refractivity contribution in [3.05, 3.63) is 51.8 Å². The first kappa shape index (κ1) is 14.7. The van der Waals surface area contributed by atoms with Gasteiger partial charge in [-0.05, 0) is 34.5 Å². The second kappa shape index (κ2) is 5.38. The van der Waals surface area contributed by atoms with Crippen LogP contribution in [0.5, 0.6) is 0 Å². The summed E-state index contributed by atoms with van der Waals surface area (Å²) in [4.78, 5) is 4.51. The fourth-order valence-corrected chi connectivity index (χ4v) is 2.46. The van der Waals surface area contributed by atoms with Crippen molar-refractivity contribution >= 4 is 15.9 Å². The van der Waals surface area contributed by atoms with Crippen LogP contribution in [-0.4, -0.2) is 4.98 Å². The molecule has 1 heterocycles. The summed E-state index contributed by atoms with van der Waals surface area (Å²) in [6, 6.07) is 12.5. The topological polar surface area (TPSA) is 36.7 Å². The van der Waals surface area contributed by atoms with Crippen molar-refractivity contribution in [1.82, 2.24) is 4.98 Å². The van der Waals surface area contributed by atoms with E-state index in [1.165, 1.54) is 5.56 Å². The molecule has 2 nitrogen and oxygen atoms in total. The molecule has 0 aliphatic carbocycles. The summed E-state index contributed by atoms with van der Waals surface area (Å²) in [7, 11) is 0. The second-order valence-corrected chi connectivity index (χ2v) is 6.70. The van der Waals surface area contributed by atoms with Crippen molar-refractivity contribution in [2.75, 3.05) is 0 Å². The highest BCUT2D eigenvalue weighted by Crippen LogP contribution is 2.32. The Hall–Kier alpha value is -1.66. The molecule has 0 aliphatic rings. The van der Waals surface area contributed by atoms with Gasteiger partial charge in [0, 0.05) is 16.7 Å². The zero-order chi connectivity index (χ0) is 14.9. The van der Waals surface area contributed by atoms with Crippen LogP contribution in [0.1, 0.15) is 37.6 Å². The van der Waals surface area contributed by atoms with Crippen LogP contribution < -0.4 is 0 Å². The Morgan fingerprint density at radius 1 is 1.15 bits per heavy atom. The van der Waals surface area contributed by atoms with Crippen LogP contribution in [0.4, 0.5) is 0 Å². The Morgan fingerprint density at radius 3 is 2.25 bits per heavy atom. The van der Waals surface area contributed by atoms with Crippen LogP contribution in [0.15, 0.2) is 34.9 Å². The zero-order valence-electron chi connectivity index (χ0n) is 12.2. The molecule has 0 amide bonds. The minimum atomic E-state index is -0.0596. The number of halogens is 1. The molecule has 0 unspecified atom stereocenters. The van der Waals surface area contributed by atoms with Crippen LogP contribution >= 0.6 is 15.9 Å². The largest absolute Gasteiger partial charge is 0.244 e. The van der Waals surface area contributed by atoms with Crippen molar-refractivity contribution < 1.29 is 0 Å². The summed E-state index contributed by atoms with van der Waals surface area (Å²) in [6.07, 6.45) is 0. The molecule has 102 valence electrons. The Morgan fingerprint density at radius 2 is 1.75 bits per heavy atom. The van der Waals surface area contributed by atoms with Gasteiger partial charge >= 0.3 is 0 Å². The lowest BCUT2D eigenvalue weighted by molar-refractivity contribution is 0.567. The molecule has 2 aromatic rings. The number of nitriles is 1. The van der Waals surface area contributed by atoms with E-state index in [1.807, 2.05) is 18.2 Å². The van der Waals surface area contributed by atoms with E-state index in [1.54, 1.807) is 0 Å². The van der Waals surface area contributed by atoms with Gasteiger partial charge in [0.2, 0.25) is 0 Å². The number of benzene rings is 1. The van der Waals surface area contributed by atoms with E-state index in [9.17, 15) is 5.26 Å². The number of pyridine rings is 1. The van der Waals surface area contributed by atoms with Gasteiger partial charge in [-0.2, -0.15) is 5.26 Å². The van der Waals surface area contributed by atoms with Gasteiger partial charge in [-0.15, -0.1) is 0 Å². The summed E-state index contributed by atoms with van der Waals surface area (Å²) >= 11 is 3.43. The molecular formula is C17H17BrN2. The van der Waals surface area contributed by atoms with Crippen molar-refractivity contribution in [3.63, 3.8) is 0 Å². The van der Waals surface area contributed by atoms with Gasteiger partial charge in [0.25, 0.3) is 0 Å². The van der Waals surface area contributed by atoms with Crippen LogP contribution in [-0.2, 0) is 5.41 Å². The van der Waals surface area contributed by atoms with Crippen molar-refractivity contribution in [2.24, 2.45) is 0 Å². The third kappa shape index (κ3) is 2.91. The SMILES string of the molecule is Cc1ccc(-c2cc(C(C)(C)C)nc(Br)c2C#N)cc1. The van der Waals surface area contributed by atoms with Crippen molar-refractivity contribution in [3.8, 4) is 17.2 Å². The molecule has 0 saturated heterocycles. The predicted octanol–water partition coefficient (Wildman–Crippen LogP) is 4.99. The van der Waals surface area contributed by atoms with Crippen molar-refractivity contribution in [2.45, 2.75) is 33.1 Å². The maximum Gasteiger partial charge on any atom is 0.124 e. The lowest BCUT2D eigenvalue weighted by atomic mass is 9.89. The summed E-state index contributed by atoms with van der Waals surface area (Å²) in [5.74, 6) is 0. The first-order valence-electron chi connectivity index (χ1n) is 6.51. The third-order valence-electron chi connectivity index (χ3n) is 3.22. The molecule has 2 rings (SSSR count). The van der Waals surface area contributed by atoms with E-state index in [4.69, 9.17) is 0 Å². The molecule has 20 heavy (non-hydrogen) atoms. The quantitative estimate of drug-likeness (QED) is 0.691. The molecule has 0 aliphatic heterocycles. The van der Waals surface area contributed by atoms with Crippen LogP contribution in [0.2, 0.25) is 0 Å². The standard InChI is InChI=1S/C17H17BrN2/c1-11-5-7-12(8-6-11)13-9-15(17(2,3)4)20-16(18)14(13)10-19/h5-9H,1-4H3. The molecule has 0 radical (unpaired) electrons. The van der Waals surface area contributed by atoms with Gasteiger partial charge in [0.15, 0.2) is 0 Å². The molecule has 0 atom stereocenters. The van der Waals surface area contributed by atoms with Gasteiger partial charge < -0.3 is 0 Å². The maximum absolute atomic E-state index is 9.39.